The predicted molar refractivity (Wildman–Crippen MR) is 105 cm³/mol. The van der Waals surface area contributed by atoms with E-state index >= 15 is 0 Å². The number of halogens is 3. The number of nitrogens with zero attached hydrogens (tertiary/aromatic N) is 2. The molecule has 0 spiro atoms. The van der Waals surface area contributed by atoms with Crippen molar-refractivity contribution < 1.29 is 23.2 Å². The van der Waals surface area contributed by atoms with Gasteiger partial charge in [0.1, 0.15) is 0 Å². The van der Waals surface area contributed by atoms with Gasteiger partial charge < -0.3 is 15.0 Å². The largest absolute Gasteiger partial charge is 0.593 e. The number of hydrogen-bond donors (Lipinski definition) is 3. The van der Waals surface area contributed by atoms with E-state index in [9.17, 15) is 23.2 Å². The Kier molecular flexibility index (Phi) is 6.50. The third-order valence-electron chi connectivity index (χ3n) is 4.03. The van der Waals surface area contributed by atoms with E-state index in [4.69, 9.17) is 16.7 Å². The van der Waals surface area contributed by atoms with Gasteiger partial charge in [0.2, 0.25) is 0 Å². The molecule has 3 rings (SSSR count). The number of carbonyl (C=O) groups excluding carboxylic acids is 1. The second-order valence-corrected chi connectivity index (χ2v) is 7.35. The van der Waals surface area contributed by atoms with Gasteiger partial charge in [0.25, 0.3) is 5.91 Å². The van der Waals surface area contributed by atoms with Crippen molar-refractivity contribution in [1.82, 2.24) is 9.78 Å². The number of carbonyl (C=O) groups is 1. The van der Waals surface area contributed by atoms with Gasteiger partial charge in [-0.1, -0.05) is 29.8 Å². The first-order chi connectivity index (χ1) is 13.8. The summed E-state index contributed by atoms with van der Waals surface area (Å²) in [5, 5.41) is 22.0. The molecule has 0 aliphatic rings. The minimum absolute atomic E-state index is 0.101. The molecule has 0 radical (unpaired) electrons. The lowest BCUT2D eigenvalue weighted by atomic mass is 10.1. The molecule has 1 heterocycles. The summed E-state index contributed by atoms with van der Waals surface area (Å²) < 4.78 is 37.9. The van der Waals surface area contributed by atoms with E-state index in [0.717, 1.165) is 6.20 Å². The van der Waals surface area contributed by atoms with Crippen LogP contribution in [0.3, 0.4) is 0 Å². The fourth-order valence-electron chi connectivity index (χ4n) is 2.64. The van der Waals surface area contributed by atoms with Crippen molar-refractivity contribution in [3.05, 3.63) is 65.4 Å². The van der Waals surface area contributed by atoms with Crippen LogP contribution in [0.25, 0.3) is 11.1 Å². The molecule has 1 aromatic heterocycles. The minimum Gasteiger partial charge on any atom is -0.593 e. The first kappa shape index (κ1) is 21.2. The monoisotopic (exact) mass is 440 g/mol. The highest BCUT2D eigenvalue weighted by Crippen LogP contribution is 2.31. The average Bonchev–Trinajstić information content (AvgIpc) is 3.18. The van der Waals surface area contributed by atoms with Crippen LogP contribution in [-0.2, 0) is 16.2 Å². The van der Waals surface area contributed by atoms with E-state index in [1.165, 1.54) is 36.5 Å². The third-order valence-corrected chi connectivity index (χ3v) is 5.14. The zero-order valence-electron chi connectivity index (χ0n) is 14.6. The number of nitrogens with one attached hydrogen (secondary N) is 1. The second-order valence-electron chi connectivity index (χ2n) is 5.91. The number of aliphatic hydroxyl groups is 1. The normalized spacial score (nSPS) is 13.3. The predicted octanol–water partition coefficient (Wildman–Crippen LogP) is 3.25. The molecule has 0 saturated carbocycles. The average molecular weight is 441 g/mol. The van der Waals surface area contributed by atoms with Gasteiger partial charge in [-0.05, 0) is 18.2 Å². The van der Waals surface area contributed by atoms with Crippen LogP contribution < -0.4 is 10.5 Å². The van der Waals surface area contributed by atoms with Crippen molar-refractivity contribution in [1.29, 1.82) is 0 Å². The van der Waals surface area contributed by atoms with Crippen molar-refractivity contribution in [3.63, 3.8) is 0 Å². The molecule has 3 aromatic rings. The number of hydrogen-bond acceptors (Lipinski definition) is 5. The Hall–Kier alpha value is -2.50. The minimum atomic E-state index is -2.82. The Labute approximate surface area is 172 Å². The van der Waals surface area contributed by atoms with Crippen molar-refractivity contribution >= 4 is 34.6 Å². The van der Waals surface area contributed by atoms with Gasteiger partial charge in [0.15, 0.2) is 11.0 Å². The van der Waals surface area contributed by atoms with Crippen LogP contribution in [-0.4, -0.2) is 25.3 Å². The maximum atomic E-state index is 12.7. The van der Waals surface area contributed by atoms with E-state index in [1.54, 1.807) is 12.1 Å². The zero-order chi connectivity index (χ0) is 21.1. The van der Waals surface area contributed by atoms with Crippen molar-refractivity contribution in [2.45, 2.75) is 17.5 Å². The van der Waals surface area contributed by atoms with Crippen molar-refractivity contribution in [2.75, 3.05) is 5.32 Å². The summed E-state index contributed by atoms with van der Waals surface area (Å²) in [5.41, 5.74) is 1.04. The van der Waals surface area contributed by atoms with Crippen LogP contribution >= 0.6 is 11.6 Å². The number of benzene rings is 2. The van der Waals surface area contributed by atoms with E-state index < -0.39 is 29.9 Å². The van der Waals surface area contributed by atoms with Gasteiger partial charge in [-0.15, -0.1) is 5.14 Å². The lowest BCUT2D eigenvalue weighted by Crippen LogP contribution is -2.21. The smallest absolute Gasteiger partial charge is 0.333 e. The third kappa shape index (κ3) is 4.74. The number of rotatable bonds is 6. The van der Waals surface area contributed by atoms with Crippen LogP contribution in [0.15, 0.2) is 59.8 Å². The maximum Gasteiger partial charge on any atom is 0.333 e. The highest BCUT2D eigenvalue weighted by atomic mass is 35.5. The molecule has 1 amide bonds. The first-order valence-corrected chi connectivity index (χ1v) is 9.73. The van der Waals surface area contributed by atoms with Gasteiger partial charge in [-0.25, -0.2) is 4.68 Å². The molecule has 152 valence electrons. The molecule has 29 heavy (non-hydrogen) atoms. The fraction of sp³-hybridized carbons (Fsp3) is 0.111. The van der Waals surface area contributed by atoms with Crippen molar-refractivity contribution in [3.8, 4) is 11.1 Å². The van der Waals surface area contributed by atoms with Crippen LogP contribution in [0.1, 0.15) is 18.2 Å². The summed E-state index contributed by atoms with van der Waals surface area (Å²) in [7, 11) is 0. The Bertz CT molecular complexity index is 1030. The maximum absolute atomic E-state index is 12.7. The Morgan fingerprint density at radius 3 is 2.66 bits per heavy atom. The SMILES string of the molecule is N[S+]([O-])c1cc(NC(=O)C(O)c2ccccc2Cl)ccc1-c1cnn(C(F)F)c1. The van der Waals surface area contributed by atoms with E-state index in [0.29, 0.717) is 10.2 Å². The Balaban J connectivity index is 1.86. The Morgan fingerprint density at radius 2 is 2.03 bits per heavy atom. The molecule has 2 atom stereocenters. The molecule has 7 nitrogen and oxygen atoms in total. The number of aliphatic hydroxyl groups excluding tert-OH is 1. The van der Waals surface area contributed by atoms with E-state index in [-0.39, 0.29) is 26.7 Å². The first-order valence-electron chi connectivity index (χ1n) is 8.14. The quantitative estimate of drug-likeness (QED) is 0.509. The number of nitrogens with two attached hydrogens (primary N) is 1. The molecule has 4 N–H and O–H groups in total. The Morgan fingerprint density at radius 1 is 1.31 bits per heavy atom. The molecule has 0 fully saturated rings. The summed E-state index contributed by atoms with van der Waals surface area (Å²) in [5.74, 6) is -0.759. The molecule has 0 aliphatic carbocycles. The summed E-state index contributed by atoms with van der Waals surface area (Å²) in [6.07, 6.45) is 0.756. The van der Waals surface area contributed by atoms with Gasteiger partial charge in [0.05, 0.1) is 17.6 Å². The summed E-state index contributed by atoms with van der Waals surface area (Å²) in [4.78, 5) is 12.5. The highest BCUT2D eigenvalue weighted by Gasteiger charge is 2.22. The van der Waals surface area contributed by atoms with Gasteiger partial charge in [-0.3, -0.25) is 4.79 Å². The molecule has 11 heteroatoms. The molecular formula is C18H15ClF2N4O3S. The number of alkyl halides is 2. The summed E-state index contributed by atoms with van der Waals surface area (Å²) >= 11 is 4.01. The number of anilines is 1. The highest BCUT2D eigenvalue weighted by molar-refractivity contribution is 7.89. The summed E-state index contributed by atoms with van der Waals surface area (Å²) in [6, 6.07) is 10.6. The van der Waals surface area contributed by atoms with E-state index in [2.05, 4.69) is 10.4 Å². The molecule has 0 bridgehead atoms. The molecule has 0 aliphatic heterocycles. The van der Waals surface area contributed by atoms with Gasteiger partial charge >= 0.3 is 6.55 Å². The van der Waals surface area contributed by atoms with Crippen molar-refractivity contribution in [2.24, 2.45) is 5.14 Å². The molecular weight excluding hydrogens is 426 g/mol. The second kappa shape index (κ2) is 8.89. The lowest BCUT2D eigenvalue weighted by molar-refractivity contribution is -0.124. The number of aromatic nitrogens is 2. The molecule has 2 aromatic carbocycles. The van der Waals surface area contributed by atoms with E-state index in [1.807, 2.05) is 0 Å². The van der Waals surface area contributed by atoms with Crippen LogP contribution in [0.4, 0.5) is 14.5 Å². The topological polar surface area (TPSA) is 116 Å². The van der Waals surface area contributed by atoms with Crippen LogP contribution in [0, 0.1) is 0 Å². The fourth-order valence-corrected chi connectivity index (χ4v) is 3.52. The standard InChI is InChI=1S/C18H15ClF2N4O3S/c19-14-4-2-1-3-13(14)16(26)17(27)24-11-5-6-12(15(7-11)29(22)28)10-8-23-25(9-10)18(20)21/h1-9,16,18,26H,22H2,(H,24,27). The van der Waals surface area contributed by atoms with Crippen LogP contribution in [0.5, 0.6) is 0 Å². The zero-order valence-corrected chi connectivity index (χ0v) is 16.2. The van der Waals surface area contributed by atoms with Gasteiger partial charge in [-0.2, -0.15) is 13.9 Å². The van der Waals surface area contributed by atoms with Crippen LogP contribution in [0.2, 0.25) is 5.02 Å². The number of amides is 1. The summed E-state index contributed by atoms with van der Waals surface area (Å²) in [6.45, 7) is -2.82. The molecule has 2 unspecified atom stereocenters. The lowest BCUT2D eigenvalue weighted by Gasteiger charge is -2.14. The van der Waals surface area contributed by atoms with Gasteiger partial charge in [0, 0.05) is 39.7 Å². The molecule has 0 saturated heterocycles.